The molecule has 40 heavy (non-hydrogen) atoms. The highest BCUT2D eigenvalue weighted by atomic mass is 16.6. The van der Waals surface area contributed by atoms with Gasteiger partial charge in [0.15, 0.2) is 11.5 Å². The molecular weight excluding hydrogens is 516 g/mol. The number of carbonyl (C=O) groups excluding carboxylic acids is 1. The highest BCUT2D eigenvalue weighted by molar-refractivity contribution is 6.06. The molecule has 2 aliphatic rings. The highest BCUT2D eigenvalue weighted by Gasteiger charge is 2.28. The van der Waals surface area contributed by atoms with E-state index in [0.717, 1.165) is 5.56 Å². The molecule has 0 aliphatic carbocycles. The fraction of sp³-hybridized carbons (Fsp3) is 0.414. The van der Waals surface area contributed by atoms with Gasteiger partial charge in [-0.05, 0) is 42.7 Å². The van der Waals surface area contributed by atoms with Crippen LogP contribution in [0.2, 0.25) is 0 Å². The second-order valence-electron chi connectivity index (χ2n) is 9.97. The number of likely N-dealkylation sites (tertiary alicyclic amines) is 1. The molecule has 2 amide bonds. The number of hydrogen-bond acceptors (Lipinski definition) is 7. The Labute approximate surface area is 231 Å². The fourth-order valence-corrected chi connectivity index (χ4v) is 5.47. The summed E-state index contributed by atoms with van der Waals surface area (Å²) in [5, 5.41) is 13.2. The molecule has 5 rings (SSSR count). The third kappa shape index (κ3) is 5.69. The van der Waals surface area contributed by atoms with Crippen molar-refractivity contribution in [3.63, 3.8) is 0 Å². The Morgan fingerprint density at radius 1 is 1.05 bits per heavy atom. The Hall–Kier alpha value is -4.25. The smallest absolute Gasteiger partial charge is 0.407 e. The average Bonchev–Trinajstić information content (AvgIpc) is 2.98. The lowest BCUT2D eigenvalue weighted by molar-refractivity contribution is 0.0855. The molecule has 11 nitrogen and oxygen atoms in total. The van der Waals surface area contributed by atoms with E-state index in [4.69, 9.17) is 14.2 Å². The third-order valence-corrected chi connectivity index (χ3v) is 7.63. The van der Waals surface area contributed by atoms with Gasteiger partial charge in [0.1, 0.15) is 19.0 Å². The first kappa shape index (κ1) is 27.3. The molecule has 0 bridgehead atoms. The van der Waals surface area contributed by atoms with Gasteiger partial charge >= 0.3 is 6.09 Å². The lowest BCUT2D eigenvalue weighted by Gasteiger charge is -2.37. The van der Waals surface area contributed by atoms with Gasteiger partial charge in [-0.25, -0.2) is 4.79 Å². The zero-order valence-electron chi connectivity index (χ0n) is 22.7. The van der Waals surface area contributed by atoms with Gasteiger partial charge in [0.2, 0.25) is 0 Å². The maximum absolute atomic E-state index is 13.1. The van der Waals surface area contributed by atoms with Gasteiger partial charge in [-0.3, -0.25) is 9.59 Å². The first-order valence-electron chi connectivity index (χ1n) is 13.4. The molecular formula is C29H34N4O7. The number of amides is 2. The lowest BCUT2D eigenvalue weighted by atomic mass is 10.0. The number of rotatable bonds is 8. The van der Waals surface area contributed by atoms with Crippen LogP contribution in [0.5, 0.6) is 17.2 Å². The molecule has 2 N–H and O–H groups in total. The van der Waals surface area contributed by atoms with E-state index >= 15 is 0 Å². The molecule has 11 heteroatoms. The molecule has 0 atom stereocenters. The van der Waals surface area contributed by atoms with Crippen molar-refractivity contribution in [2.45, 2.75) is 32.0 Å². The summed E-state index contributed by atoms with van der Waals surface area (Å²) >= 11 is 0. The number of aromatic nitrogens is 1. The van der Waals surface area contributed by atoms with Gasteiger partial charge in [-0.2, -0.15) is 0 Å². The van der Waals surface area contributed by atoms with Crippen LogP contribution >= 0.6 is 0 Å². The Bertz CT molecular complexity index is 1460. The molecule has 2 aliphatic heterocycles. The number of hydrogen-bond donors (Lipinski definition) is 2. The standard InChI is InChI=1S/C29H34N4O7/c1-30-28(35)23-17-27(34)32(24-16-21(38-2)4-5-22(23)24)12-11-31-9-7-20(8-10-31)33(29(36)37)18-19-3-6-25-26(15-19)40-14-13-39-25/h3-6,15-17,20H,7-14,18H2,1-2H3,(H,30,35)(H,36,37). The quantitative estimate of drug-likeness (QED) is 0.439. The SMILES string of the molecule is CNC(=O)c1cc(=O)n(CCN2CCC(N(Cc3ccc4c(c3)OCCO4)C(=O)O)CC2)c2cc(OC)ccc12. The number of nitrogens with zero attached hydrogens (tertiary/aromatic N) is 3. The molecule has 1 fully saturated rings. The van der Waals surface area contributed by atoms with Crippen molar-refractivity contribution in [2.75, 3.05) is 47.0 Å². The van der Waals surface area contributed by atoms with Gasteiger partial charge in [-0.15, -0.1) is 0 Å². The Morgan fingerprint density at radius 2 is 1.80 bits per heavy atom. The van der Waals surface area contributed by atoms with Crippen LogP contribution in [0.15, 0.2) is 47.3 Å². The minimum atomic E-state index is -0.948. The number of pyridine rings is 1. The van der Waals surface area contributed by atoms with Crippen LogP contribution in [0.25, 0.3) is 10.9 Å². The number of piperidine rings is 1. The lowest BCUT2D eigenvalue weighted by Crippen LogP contribution is -2.47. The van der Waals surface area contributed by atoms with Gasteiger partial charge in [0.05, 0.1) is 18.2 Å². The number of carboxylic acid groups (broad SMARTS) is 1. The Balaban J connectivity index is 1.25. The summed E-state index contributed by atoms with van der Waals surface area (Å²) in [6.07, 6.45) is 0.433. The molecule has 3 heterocycles. The normalized spacial score (nSPS) is 15.6. The summed E-state index contributed by atoms with van der Waals surface area (Å²) in [4.78, 5) is 41.4. The largest absolute Gasteiger partial charge is 0.497 e. The summed E-state index contributed by atoms with van der Waals surface area (Å²) in [6.45, 7) is 3.73. The zero-order chi connectivity index (χ0) is 28.2. The van der Waals surface area contributed by atoms with Crippen molar-refractivity contribution in [3.8, 4) is 17.2 Å². The number of fused-ring (bicyclic) bond motifs is 2. The molecule has 0 saturated carbocycles. The molecule has 0 radical (unpaired) electrons. The van der Waals surface area contributed by atoms with E-state index in [-0.39, 0.29) is 24.1 Å². The van der Waals surface area contributed by atoms with Crippen molar-refractivity contribution in [3.05, 3.63) is 63.9 Å². The zero-order valence-corrected chi connectivity index (χ0v) is 22.7. The molecule has 0 unspecified atom stereocenters. The Kier molecular flexibility index (Phi) is 8.11. The van der Waals surface area contributed by atoms with Crippen molar-refractivity contribution in [1.82, 2.24) is 19.7 Å². The number of ether oxygens (including phenoxy) is 3. The van der Waals surface area contributed by atoms with Gasteiger partial charge in [0, 0.05) is 63.3 Å². The van der Waals surface area contributed by atoms with Crippen LogP contribution in [-0.2, 0) is 13.1 Å². The molecule has 1 aromatic heterocycles. The predicted molar refractivity (Wildman–Crippen MR) is 149 cm³/mol. The summed E-state index contributed by atoms with van der Waals surface area (Å²) in [5.74, 6) is 1.61. The predicted octanol–water partition coefficient (Wildman–Crippen LogP) is 2.79. The van der Waals surface area contributed by atoms with Crippen LogP contribution in [-0.4, -0.2) is 84.5 Å². The van der Waals surface area contributed by atoms with E-state index in [1.165, 1.54) is 18.0 Å². The van der Waals surface area contributed by atoms with E-state index in [1.807, 2.05) is 18.2 Å². The second kappa shape index (κ2) is 11.9. The summed E-state index contributed by atoms with van der Waals surface area (Å²) in [5.41, 5.74) is 1.56. The maximum Gasteiger partial charge on any atom is 0.407 e. The van der Waals surface area contributed by atoms with E-state index in [2.05, 4.69) is 10.2 Å². The first-order valence-corrected chi connectivity index (χ1v) is 13.4. The monoisotopic (exact) mass is 550 g/mol. The third-order valence-electron chi connectivity index (χ3n) is 7.63. The minimum absolute atomic E-state index is 0.110. The number of benzene rings is 2. The maximum atomic E-state index is 13.1. The molecule has 3 aromatic rings. The minimum Gasteiger partial charge on any atom is -0.497 e. The number of methoxy groups -OCH3 is 1. The fourth-order valence-electron chi connectivity index (χ4n) is 5.47. The van der Waals surface area contributed by atoms with Crippen LogP contribution < -0.4 is 25.1 Å². The van der Waals surface area contributed by atoms with Crippen molar-refractivity contribution in [1.29, 1.82) is 0 Å². The van der Waals surface area contributed by atoms with E-state index in [0.29, 0.717) is 85.9 Å². The van der Waals surface area contributed by atoms with Gasteiger partial charge < -0.3 is 39.0 Å². The summed E-state index contributed by atoms with van der Waals surface area (Å²) in [7, 11) is 3.10. The van der Waals surface area contributed by atoms with Crippen LogP contribution in [0.3, 0.4) is 0 Å². The molecule has 0 spiro atoms. The second-order valence-corrected chi connectivity index (χ2v) is 9.97. The topological polar surface area (TPSA) is 123 Å². The Morgan fingerprint density at radius 3 is 2.50 bits per heavy atom. The van der Waals surface area contributed by atoms with Crippen molar-refractivity contribution < 1.29 is 28.9 Å². The average molecular weight is 551 g/mol. The summed E-state index contributed by atoms with van der Waals surface area (Å²) in [6, 6.07) is 12.2. The highest BCUT2D eigenvalue weighted by Crippen LogP contribution is 2.32. The number of carbonyl (C=O) groups is 2. The van der Waals surface area contributed by atoms with Crippen molar-refractivity contribution in [2.24, 2.45) is 0 Å². The van der Waals surface area contributed by atoms with Gasteiger partial charge in [-0.1, -0.05) is 6.07 Å². The van der Waals surface area contributed by atoms with E-state index in [9.17, 15) is 19.5 Å². The van der Waals surface area contributed by atoms with E-state index in [1.54, 1.807) is 29.9 Å². The van der Waals surface area contributed by atoms with Crippen LogP contribution in [0.1, 0.15) is 28.8 Å². The number of nitrogens with one attached hydrogen (secondary N) is 1. The summed E-state index contributed by atoms with van der Waals surface area (Å²) < 4.78 is 18.3. The van der Waals surface area contributed by atoms with Crippen molar-refractivity contribution >= 4 is 22.9 Å². The van der Waals surface area contributed by atoms with E-state index < -0.39 is 6.09 Å². The molecule has 1 saturated heterocycles. The first-order chi connectivity index (χ1) is 19.4. The molecule has 212 valence electrons. The van der Waals surface area contributed by atoms with Gasteiger partial charge in [0.25, 0.3) is 11.5 Å². The van der Waals surface area contributed by atoms with Crippen LogP contribution in [0, 0.1) is 0 Å². The molecule has 2 aromatic carbocycles. The van der Waals surface area contributed by atoms with Crippen LogP contribution in [0.4, 0.5) is 4.79 Å².